The maximum Gasteiger partial charge on any atom is 0.271 e. The molecular formula is C15H13FN2O. The summed E-state index contributed by atoms with van der Waals surface area (Å²) in [5.41, 5.74) is 4.38. The second kappa shape index (κ2) is 5.91. The molecule has 1 N–H and O–H groups in total. The van der Waals surface area contributed by atoms with Gasteiger partial charge >= 0.3 is 0 Å². The summed E-state index contributed by atoms with van der Waals surface area (Å²) < 4.78 is 12.8. The first-order valence-corrected chi connectivity index (χ1v) is 5.82. The Bertz CT molecular complexity index is 591. The first-order chi connectivity index (χ1) is 9.16. The number of amides is 1. The number of rotatable bonds is 3. The molecule has 0 bridgehead atoms. The summed E-state index contributed by atoms with van der Waals surface area (Å²) in [6.07, 6.45) is 0. The van der Waals surface area contributed by atoms with E-state index in [1.165, 1.54) is 12.1 Å². The van der Waals surface area contributed by atoms with Crippen molar-refractivity contribution in [3.63, 3.8) is 0 Å². The Balaban J connectivity index is 2.06. The first-order valence-electron chi connectivity index (χ1n) is 5.82. The summed E-state index contributed by atoms with van der Waals surface area (Å²) in [5.74, 6) is -0.577. The third kappa shape index (κ3) is 3.48. The fraction of sp³-hybridized carbons (Fsp3) is 0.0667. The smallest absolute Gasteiger partial charge is 0.267 e. The molecule has 0 unspecified atom stereocenters. The van der Waals surface area contributed by atoms with Crippen molar-refractivity contribution in [3.8, 4) is 0 Å². The summed E-state index contributed by atoms with van der Waals surface area (Å²) >= 11 is 0. The topological polar surface area (TPSA) is 41.5 Å². The Labute approximate surface area is 110 Å². The van der Waals surface area contributed by atoms with E-state index in [1.54, 1.807) is 43.3 Å². The van der Waals surface area contributed by atoms with Crippen LogP contribution >= 0.6 is 0 Å². The van der Waals surface area contributed by atoms with Gasteiger partial charge in [-0.05, 0) is 36.8 Å². The number of nitrogens with zero attached hydrogens (tertiary/aromatic N) is 1. The Morgan fingerprint density at radius 3 is 2.26 bits per heavy atom. The van der Waals surface area contributed by atoms with Crippen molar-refractivity contribution in [2.75, 3.05) is 0 Å². The zero-order valence-electron chi connectivity index (χ0n) is 10.4. The van der Waals surface area contributed by atoms with Gasteiger partial charge < -0.3 is 0 Å². The van der Waals surface area contributed by atoms with Crippen LogP contribution in [0.15, 0.2) is 59.7 Å². The Hall–Kier alpha value is -2.49. The van der Waals surface area contributed by atoms with Crippen LogP contribution in [-0.2, 0) is 0 Å². The van der Waals surface area contributed by atoms with Gasteiger partial charge in [-0.2, -0.15) is 5.10 Å². The number of hydrogen-bond donors (Lipinski definition) is 1. The molecule has 0 fully saturated rings. The van der Waals surface area contributed by atoms with Gasteiger partial charge in [0.15, 0.2) is 0 Å². The van der Waals surface area contributed by atoms with Crippen molar-refractivity contribution in [2.45, 2.75) is 6.92 Å². The van der Waals surface area contributed by atoms with Crippen molar-refractivity contribution in [1.82, 2.24) is 5.43 Å². The molecule has 0 saturated heterocycles. The average molecular weight is 256 g/mol. The number of hydrazone groups is 1. The minimum Gasteiger partial charge on any atom is -0.267 e. The van der Waals surface area contributed by atoms with E-state index in [-0.39, 0.29) is 11.7 Å². The first kappa shape index (κ1) is 13.0. The monoisotopic (exact) mass is 256 g/mol. The number of halogens is 1. The van der Waals surface area contributed by atoms with Gasteiger partial charge in [0, 0.05) is 5.56 Å². The SMILES string of the molecule is C/C(=N\NC(=O)c1ccccc1)c1ccc(F)cc1. The largest absolute Gasteiger partial charge is 0.271 e. The molecule has 0 saturated carbocycles. The quantitative estimate of drug-likeness (QED) is 0.665. The summed E-state index contributed by atoms with van der Waals surface area (Å²) in [6, 6.07) is 14.8. The molecule has 2 aromatic rings. The van der Waals surface area contributed by atoms with Crippen LogP contribution in [0.25, 0.3) is 0 Å². The van der Waals surface area contributed by atoms with Gasteiger partial charge in [-0.1, -0.05) is 30.3 Å². The molecular weight excluding hydrogens is 243 g/mol. The highest BCUT2D eigenvalue weighted by Crippen LogP contribution is 2.04. The summed E-state index contributed by atoms with van der Waals surface area (Å²) in [6.45, 7) is 1.75. The molecule has 0 aliphatic rings. The van der Waals surface area contributed by atoms with E-state index in [0.29, 0.717) is 11.3 Å². The fourth-order valence-electron chi connectivity index (χ4n) is 1.54. The molecule has 0 aromatic heterocycles. The highest BCUT2D eigenvalue weighted by molar-refractivity contribution is 6.00. The molecule has 0 aliphatic heterocycles. The molecule has 2 aromatic carbocycles. The minimum atomic E-state index is -0.301. The van der Waals surface area contributed by atoms with E-state index in [1.807, 2.05) is 6.07 Å². The second-order valence-corrected chi connectivity index (χ2v) is 4.01. The van der Waals surface area contributed by atoms with Gasteiger partial charge in [0.2, 0.25) is 0 Å². The van der Waals surface area contributed by atoms with Crippen molar-refractivity contribution in [2.24, 2.45) is 5.10 Å². The van der Waals surface area contributed by atoms with Crippen molar-refractivity contribution >= 4 is 11.6 Å². The predicted molar refractivity (Wildman–Crippen MR) is 72.5 cm³/mol. The van der Waals surface area contributed by atoms with Gasteiger partial charge in [0.05, 0.1) is 5.71 Å². The van der Waals surface area contributed by atoms with Gasteiger partial charge in [-0.25, -0.2) is 9.82 Å². The molecule has 4 heteroatoms. The molecule has 0 radical (unpaired) electrons. The lowest BCUT2D eigenvalue weighted by atomic mass is 10.1. The van der Waals surface area contributed by atoms with E-state index in [0.717, 1.165) is 5.56 Å². The summed E-state index contributed by atoms with van der Waals surface area (Å²) in [7, 11) is 0. The van der Waals surface area contributed by atoms with Crippen LogP contribution in [0.3, 0.4) is 0 Å². The third-order valence-electron chi connectivity index (χ3n) is 2.62. The van der Waals surface area contributed by atoms with E-state index >= 15 is 0 Å². The summed E-state index contributed by atoms with van der Waals surface area (Å²) in [5, 5.41) is 4.00. The van der Waals surface area contributed by atoms with Gasteiger partial charge in [-0.15, -0.1) is 0 Å². The molecule has 96 valence electrons. The number of carbonyl (C=O) groups is 1. The maximum absolute atomic E-state index is 12.8. The van der Waals surface area contributed by atoms with Crippen LogP contribution in [0.5, 0.6) is 0 Å². The Morgan fingerprint density at radius 1 is 1.00 bits per heavy atom. The van der Waals surface area contributed by atoms with Gasteiger partial charge in [0.25, 0.3) is 5.91 Å². The highest BCUT2D eigenvalue weighted by Gasteiger charge is 2.03. The van der Waals surface area contributed by atoms with Crippen molar-refractivity contribution in [1.29, 1.82) is 0 Å². The van der Waals surface area contributed by atoms with Crippen LogP contribution in [0.1, 0.15) is 22.8 Å². The minimum absolute atomic E-state index is 0.276. The highest BCUT2D eigenvalue weighted by atomic mass is 19.1. The Morgan fingerprint density at radius 2 is 1.63 bits per heavy atom. The van der Waals surface area contributed by atoms with E-state index in [4.69, 9.17) is 0 Å². The maximum atomic E-state index is 12.8. The van der Waals surface area contributed by atoms with Crippen LogP contribution in [0.4, 0.5) is 4.39 Å². The zero-order chi connectivity index (χ0) is 13.7. The molecule has 3 nitrogen and oxygen atoms in total. The number of hydrogen-bond acceptors (Lipinski definition) is 2. The zero-order valence-corrected chi connectivity index (χ0v) is 10.4. The van der Waals surface area contributed by atoms with Crippen LogP contribution in [0, 0.1) is 5.82 Å². The average Bonchev–Trinajstić information content (AvgIpc) is 2.46. The van der Waals surface area contributed by atoms with Crippen LogP contribution in [-0.4, -0.2) is 11.6 Å². The fourth-order valence-corrected chi connectivity index (χ4v) is 1.54. The lowest BCUT2D eigenvalue weighted by molar-refractivity contribution is 0.0955. The molecule has 1 amide bonds. The third-order valence-corrected chi connectivity index (χ3v) is 2.62. The van der Waals surface area contributed by atoms with Gasteiger partial charge in [-0.3, -0.25) is 4.79 Å². The van der Waals surface area contributed by atoms with Crippen LogP contribution < -0.4 is 5.43 Å². The molecule has 0 atom stereocenters. The summed E-state index contributed by atoms with van der Waals surface area (Å²) in [4.78, 5) is 11.8. The molecule has 2 rings (SSSR count). The van der Waals surface area contributed by atoms with E-state index in [2.05, 4.69) is 10.5 Å². The van der Waals surface area contributed by atoms with Crippen molar-refractivity contribution in [3.05, 3.63) is 71.5 Å². The number of carbonyl (C=O) groups excluding carboxylic acids is 1. The number of benzene rings is 2. The van der Waals surface area contributed by atoms with E-state index in [9.17, 15) is 9.18 Å². The predicted octanol–water partition coefficient (Wildman–Crippen LogP) is 2.98. The molecule has 0 spiro atoms. The molecule has 0 heterocycles. The lowest BCUT2D eigenvalue weighted by Gasteiger charge is -2.03. The lowest BCUT2D eigenvalue weighted by Crippen LogP contribution is -2.19. The van der Waals surface area contributed by atoms with Crippen molar-refractivity contribution < 1.29 is 9.18 Å². The standard InChI is InChI=1S/C15H13FN2O/c1-11(12-7-9-14(16)10-8-12)17-18-15(19)13-5-3-2-4-6-13/h2-10H,1H3,(H,18,19)/b17-11+. The second-order valence-electron chi connectivity index (χ2n) is 4.01. The normalized spacial score (nSPS) is 11.2. The number of nitrogens with one attached hydrogen (secondary N) is 1. The molecule has 0 aliphatic carbocycles. The van der Waals surface area contributed by atoms with Gasteiger partial charge in [0.1, 0.15) is 5.82 Å². The Kier molecular flexibility index (Phi) is 4.03. The van der Waals surface area contributed by atoms with E-state index < -0.39 is 0 Å². The van der Waals surface area contributed by atoms with Crippen LogP contribution in [0.2, 0.25) is 0 Å². The molecule has 19 heavy (non-hydrogen) atoms.